The Labute approximate surface area is 120 Å². The maximum absolute atomic E-state index is 11.1. The van der Waals surface area contributed by atoms with Crippen molar-refractivity contribution in [3.05, 3.63) is 65.1 Å². The Morgan fingerprint density at radius 3 is 2.65 bits per heavy atom. The minimum atomic E-state index is -0.257. The first-order valence-electron chi connectivity index (χ1n) is 6.16. The van der Waals surface area contributed by atoms with Crippen LogP contribution in [0.15, 0.2) is 64.5 Å². The van der Waals surface area contributed by atoms with E-state index in [-0.39, 0.29) is 5.24 Å². The lowest BCUT2D eigenvalue weighted by molar-refractivity contribution is 0.268. The molecule has 3 nitrogen and oxygen atoms in total. The molecule has 0 bridgehead atoms. The first-order valence-corrected chi connectivity index (χ1v) is 6.97. The third kappa shape index (κ3) is 2.65. The minimum Gasteiger partial charge on any atom is -0.383 e. The summed E-state index contributed by atoms with van der Waals surface area (Å²) in [4.78, 5) is 15.4. The molecule has 2 aromatic carbocycles. The monoisotopic (exact) mass is 280 g/mol. The molecule has 3 rings (SSSR count). The van der Waals surface area contributed by atoms with Crippen molar-refractivity contribution in [1.82, 2.24) is 0 Å². The third-order valence-corrected chi connectivity index (χ3v) is 3.80. The predicted octanol–water partition coefficient (Wildman–Crippen LogP) is 3.96. The lowest BCUT2D eigenvalue weighted by atomic mass is 10.1. The Hall–Kier alpha value is -2.33. The van der Waals surface area contributed by atoms with Crippen LogP contribution in [0.2, 0.25) is 0 Å². The van der Waals surface area contributed by atoms with Crippen molar-refractivity contribution in [2.45, 2.75) is 0 Å². The molecular formula is C16H12N2OS. The van der Waals surface area contributed by atoms with E-state index in [0.29, 0.717) is 10.7 Å². The number of carbonyl (C=O) groups excluding carboxylic acids is 1. The molecule has 0 saturated heterocycles. The Bertz CT molecular complexity index is 775. The van der Waals surface area contributed by atoms with Crippen LogP contribution in [-0.4, -0.2) is 11.1 Å². The Kier molecular flexibility index (Phi) is 3.39. The van der Waals surface area contributed by atoms with Crippen molar-refractivity contribution in [2.75, 3.05) is 0 Å². The number of hydrogen-bond acceptors (Lipinski definition) is 3. The second kappa shape index (κ2) is 5.35. The SMILES string of the molecule is NC1=NC(=O)SC1=CC=Cc1ccc2ccccc2c1. The van der Waals surface area contributed by atoms with Gasteiger partial charge in [-0.25, -0.2) is 0 Å². The van der Waals surface area contributed by atoms with Crippen LogP contribution in [0.3, 0.4) is 0 Å². The van der Waals surface area contributed by atoms with Crippen molar-refractivity contribution < 1.29 is 4.79 Å². The van der Waals surface area contributed by atoms with Gasteiger partial charge in [-0.1, -0.05) is 48.6 Å². The number of amides is 1. The molecule has 1 heterocycles. The largest absolute Gasteiger partial charge is 0.383 e. The molecule has 0 unspecified atom stereocenters. The van der Waals surface area contributed by atoms with Gasteiger partial charge in [0.15, 0.2) is 0 Å². The normalized spacial score (nSPS) is 17.3. The molecule has 2 N–H and O–H groups in total. The first-order chi connectivity index (χ1) is 9.72. The molecule has 0 radical (unpaired) electrons. The minimum absolute atomic E-state index is 0.257. The topological polar surface area (TPSA) is 55.4 Å². The van der Waals surface area contributed by atoms with Gasteiger partial charge >= 0.3 is 5.24 Å². The van der Waals surface area contributed by atoms with Crippen LogP contribution < -0.4 is 5.73 Å². The zero-order valence-electron chi connectivity index (χ0n) is 10.6. The van der Waals surface area contributed by atoms with Crippen LogP contribution in [0.1, 0.15) is 5.56 Å². The maximum atomic E-state index is 11.1. The van der Waals surface area contributed by atoms with Gasteiger partial charge < -0.3 is 5.73 Å². The van der Waals surface area contributed by atoms with E-state index in [1.807, 2.05) is 30.4 Å². The summed E-state index contributed by atoms with van der Waals surface area (Å²) in [6.07, 6.45) is 5.67. The molecule has 4 heteroatoms. The summed E-state index contributed by atoms with van der Waals surface area (Å²) in [5.41, 5.74) is 6.73. The summed E-state index contributed by atoms with van der Waals surface area (Å²) >= 11 is 1.05. The molecule has 0 fully saturated rings. The zero-order valence-corrected chi connectivity index (χ0v) is 11.4. The molecule has 1 aliphatic rings. The fourth-order valence-corrected chi connectivity index (χ4v) is 2.63. The summed E-state index contributed by atoms with van der Waals surface area (Å²) in [7, 11) is 0. The van der Waals surface area contributed by atoms with Gasteiger partial charge in [0.2, 0.25) is 0 Å². The van der Waals surface area contributed by atoms with Crippen molar-refractivity contribution in [1.29, 1.82) is 0 Å². The lowest BCUT2D eigenvalue weighted by Crippen LogP contribution is -2.08. The summed E-state index contributed by atoms with van der Waals surface area (Å²) in [6.45, 7) is 0. The fourth-order valence-electron chi connectivity index (χ4n) is 2.00. The van der Waals surface area contributed by atoms with E-state index in [1.54, 1.807) is 0 Å². The van der Waals surface area contributed by atoms with Crippen LogP contribution >= 0.6 is 11.8 Å². The van der Waals surface area contributed by atoms with Crippen molar-refractivity contribution in [2.24, 2.45) is 10.7 Å². The van der Waals surface area contributed by atoms with Crippen LogP contribution in [0, 0.1) is 0 Å². The Balaban J connectivity index is 1.83. The van der Waals surface area contributed by atoms with Gasteiger partial charge in [-0.3, -0.25) is 4.79 Å². The van der Waals surface area contributed by atoms with E-state index in [0.717, 1.165) is 17.3 Å². The second-order valence-corrected chi connectivity index (χ2v) is 5.35. The van der Waals surface area contributed by atoms with E-state index >= 15 is 0 Å². The van der Waals surface area contributed by atoms with Crippen LogP contribution in [0.4, 0.5) is 4.79 Å². The number of amidine groups is 1. The van der Waals surface area contributed by atoms with Crippen LogP contribution in [-0.2, 0) is 0 Å². The number of hydrogen-bond donors (Lipinski definition) is 1. The molecule has 20 heavy (non-hydrogen) atoms. The highest BCUT2D eigenvalue weighted by Crippen LogP contribution is 2.25. The van der Waals surface area contributed by atoms with Crippen LogP contribution in [0.5, 0.6) is 0 Å². The highest BCUT2D eigenvalue weighted by Gasteiger charge is 2.17. The number of nitrogens with zero attached hydrogens (tertiary/aromatic N) is 1. The highest BCUT2D eigenvalue weighted by atomic mass is 32.2. The number of fused-ring (bicyclic) bond motifs is 1. The predicted molar refractivity (Wildman–Crippen MR) is 85.7 cm³/mol. The van der Waals surface area contributed by atoms with Gasteiger partial charge in [0, 0.05) is 0 Å². The van der Waals surface area contributed by atoms with Crippen molar-refractivity contribution >= 4 is 39.7 Å². The fraction of sp³-hybridized carbons (Fsp3) is 0. The quantitative estimate of drug-likeness (QED) is 0.905. The van der Waals surface area contributed by atoms with Gasteiger partial charge in [-0.2, -0.15) is 4.99 Å². The van der Waals surface area contributed by atoms with Crippen molar-refractivity contribution in [3.63, 3.8) is 0 Å². The number of thioether (sulfide) groups is 1. The molecule has 0 spiro atoms. The van der Waals surface area contributed by atoms with Crippen molar-refractivity contribution in [3.8, 4) is 0 Å². The number of benzene rings is 2. The summed E-state index contributed by atoms with van der Waals surface area (Å²) in [5, 5.41) is 2.16. The molecule has 0 atom stereocenters. The second-order valence-electron chi connectivity index (χ2n) is 4.36. The highest BCUT2D eigenvalue weighted by molar-refractivity contribution is 8.18. The molecule has 0 aliphatic carbocycles. The average molecular weight is 280 g/mol. The van der Waals surface area contributed by atoms with Crippen LogP contribution in [0.25, 0.3) is 16.8 Å². The summed E-state index contributed by atoms with van der Waals surface area (Å²) < 4.78 is 0. The van der Waals surface area contributed by atoms with E-state index in [2.05, 4.69) is 35.3 Å². The summed E-state index contributed by atoms with van der Waals surface area (Å²) in [5.74, 6) is 0.295. The smallest absolute Gasteiger partial charge is 0.311 e. The summed E-state index contributed by atoms with van der Waals surface area (Å²) in [6, 6.07) is 14.5. The Morgan fingerprint density at radius 2 is 1.90 bits per heavy atom. The molecule has 1 amide bonds. The number of carbonyl (C=O) groups is 1. The average Bonchev–Trinajstić information content (AvgIpc) is 2.77. The molecule has 98 valence electrons. The van der Waals surface area contributed by atoms with E-state index in [4.69, 9.17) is 5.73 Å². The van der Waals surface area contributed by atoms with Gasteiger partial charge in [-0.15, -0.1) is 0 Å². The van der Waals surface area contributed by atoms with Gasteiger partial charge in [0.1, 0.15) is 5.84 Å². The lowest BCUT2D eigenvalue weighted by Gasteiger charge is -1.98. The van der Waals surface area contributed by atoms with Gasteiger partial charge in [-0.05, 0) is 40.2 Å². The maximum Gasteiger partial charge on any atom is 0.311 e. The van der Waals surface area contributed by atoms with E-state index < -0.39 is 0 Å². The number of aliphatic imine (C=N–C) groups is 1. The molecule has 0 saturated carbocycles. The molecular weight excluding hydrogens is 268 g/mol. The molecule has 1 aliphatic heterocycles. The Morgan fingerprint density at radius 1 is 1.10 bits per heavy atom. The first kappa shape index (κ1) is 12.7. The standard InChI is InChI=1S/C16H12N2OS/c17-15-14(20-16(19)18-15)7-3-4-11-8-9-12-5-1-2-6-13(12)10-11/h1-10H,(H2,17,18,19). The third-order valence-electron chi connectivity index (χ3n) is 2.97. The number of nitrogens with two attached hydrogens (primary N) is 1. The molecule has 0 aromatic heterocycles. The van der Waals surface area contributed by atoms with Gasteiger partial charge in [0.05, 0.1) is 4.91 Å². The van der Waals surface area contributed by atoms with Gasteiger partial charge in [0.25, 0.3) is 0 Å². The zero-order chi connectivity index (χ0) is 13.9. The van der Waals surface area contributed by atoms with E-state index in [9.17, 15) is 4.79 Å². The number of allylic oxidation sites excluding steroid dienone is 2. The number of rotatable bonds is 2. The van der Waals surface area contributed by atoms with E-state index in [1.165, 1.54) is 10.8 Å². The molecule has 2 aromatic rings.